The van der Waals surface area contributed by atoms with Crippen molar-refractivity contribution >= 4 is 17.5 Å². The summed E-state index contributed by atoms with van der Waals surface area (Å²) in [7, 11) is 1.61. The molecule has 0 spiro atoms. The first kappa shape index (κ1) is 17.7. The van der Waals surface area contributed by atoms with Crippen molar-refractivity contribution in [3.63, 3.8) is 0 Å². The van der Waals surface area contributed by atoms with E-state index in [1.54, 1.807) is 11.4 Å². The van der Waals surface area contributed by atoms with Gasteiger partial charge in [-0.3, -0.25) is 14.0 Å². The third kappa shape index (κ3) is 3.44. The molecule has 134 valence electrons. The maximum Gasteiger partial charge on any atom is 0.305 e. The average Bonchev–Trinajstić information content (AvgIpc) is 2.98. The molecule has 0 saturated carbocycles. The zero-order valence-corrected chi connectivity index (χ0v) is 15.1. The largest absolute Gasteiger partial charge is 0.481 e. The number of amides is 1. The number of carbonyl (C=O) groups excluding carboxylic acids is 1. The van der Waals surface area contributed by atoms with E-state index in [0.29, 0.717) is 17.0 Å². The lowest BCUT2D eigenvalue weighted by Gasteiger charge is -2.17. The number of hydrogen-bond donors (Lipinski definition) is 1. The summed E-state index contributed by atoms with van der Waals surface area (Å²) in [5.41, 5.74) is 4.71. The van der Waals surface area contributed by atoms with Gasteiger partial charge >= 0.3 is 5.97 Å². The number of aromatic nitrogens is 2. The van der Waals surface area contributed by atoms with Crippen molar-refractivity contribution in [3.8, 4) is 11.3 Å². The molecule has 3 aromatic rings. The van der Waals surface area contributed by atoms with Gasteiger partial charge in [0.15, 0.2) is 0 Å². The predicted molar refractivity (Wildman–Crippen MR) is 99.3 cm³/mol. The lowest BCUT2D eigenvalue weighted by atomic mass is 10.1. The number of rotatable bonds is 5. The SMILES string of the molecule is Cc1ccc(-c2nc3ccc(C)cn3c2C(=O)N(C)CCC(=O)O)cc1. The second-order valence-electron chi connectivity index (χ2n) is 6.48. The third-order valence-corrected chi connectivity index (χ3v) is 4.30. The molecule has 0 saturated heterocycles. The zero-order valence-electron chi connectivity index (χ0n) is 15.1. The van der Waals surface area contributed by atoms with Crippen LogP contribution in [0.5, 0.6) is 0 Å². The van der Waals surface area contributed by atoms with Gasteiger partial charge in [0.25, 0.3) is 5.91 Å². The van der Waals surface area contributed by atoms with E-state index >= 15 is 0 Å². The summed E-state index contributed by atoms with van der Waals surface area (Å²) in [5.74, 6) is -1.18. The minimum atomic E-state index is -0.933. The van der Waals surface area contributed by atoms with Crippen LogP contribution < -0.4 is 0 Å². The Bertz CT molecular complexity index is 974. The third-order valence-electron chi connectivity index (χ3n) is 4.30. The van der Waals surface area contributed by atoms with Crippen molar-refractivity contribution in [1.82, 2.24) is 14.3 Å². The van der Waals surface area contributed by atoms with Crippen LogP contribution in [0.2, 0.25) is 0 Å². The van der Waals surface area contributed by atoms with Crippen molar-refractivity contribution in [2.24, 2.45) is 0 Å². The minimum Gasteiger partial charge on any atom is -0.481 e. The standard InChI is InChI=1S/C20H21N3O3/c1-13-4-7-15(8-5-13)18-19(20(26)22(3)11-10-17(24)25)23-12-14(2)6-9-16(23)21-18/h4-9,12H,10-11H2,1-3H3,(H,24,25). The number of fused-ring (bicyclic) bond motifs is 1. The van der Waals surface area contributed by atoms with E-state index in [2.05, 4.69) is 4.98 Å². The first-order chi connectivity index (χ1) is 12.4. The Morgan fingerprint density at radius 2 is 1.73 bits per heavy atom. The van der Waals surface area contributed by atoms with E-state index < -0.39 is 5.97 Å². The number of aliphatic carboxylic acids is 1. The minimum absolute atomic E-state index is 0.0993. The van der Waals surface area contributed by atoms with Crippen LogP contribution in [0.15, 0.2) is 42.6 Å². The maximum absolute atomic E-state index is 13.1. The number of benzene rings is 1. The van der Waals surface area contributed by atoms with Crippen LogP contribution in [-0.4, -0.2) is 44.9 Å². The number of carboxylic acids is 1. The first-order valence-electron chi connectivity index (χ1n) is 8.40. The van der Waals surface area contributed by atoms with Gasteiger partial charge in [0.1, 0.15) is 17.0 Å². The monoisotopic (exact) mass is 351 g/mol. The van der Waals surface area contributed by atoms with E-state index in [-0.39, 0.29) is 18.9 Å². The van der Waals surface area contributed by atoms with Gasteiger partial charge in [0.05, 0.1) is 6.42 Å². The van der Waals surface area contributed by atoms with Gasteiger partial charge in [0, 0.05) is 25.4 Å². The summed E-state index contributed by atoms with van der Waals surface area (Å²) in [6, 6.07) is 11.7. The smallest absolute Gasteiger partial charge is 0.305 e. The highest BCUT2D eigenvalue weighted by Crippen LogP contribution is 2.26. The lowest BCUT2D eigenvalue weighted by Crippen LogP contribution is -2.30. The molecular formula is C20H21N3O3. The Kier molecular flexibility index (Phi) is 4.75. The molecule has 0 fully saturated rings. The Balaban J connectivity index is 2.12. The first-order valence-corrected chi connectivity index (χ1v) is 8.40. The van der Waals surface area contributed by atoms with Crippen molar-refractivity contribution in [2.45, 2.75) is 20.3 Å². The van der Waals surface area contributed by atoms with Crippen LogP contribution in [0.1, 0.15) is 28.0 Å². The Labute approximate surface area is 151 Å². The second-order valence-corrected chi connectivity index (χ2v) is 6.48. The highest BCUT2D eigenvalue weighted by molar-refractivity contribution is 5.99. The number of imidazole rings is 1. The van der Waals surface area contributed by atoms with Crippen LogP contribution in [0, 0.1) is 13.8 Å². The van der Waals surface area contributed by atoms with Crippen molar-refractivity contribution < 1.29 is 14.7 Å². The number of carboxylic acid groups (broad SMARTS) is 1. The highest BCUT2D eigenvalue weighted by Gasteiger charge is 2.23. The molecule has 1 aromatic carbocycles. The number of hydrogen-bond acceptors (Lipinski definition) is 3. The highest BCUT2D eigenvalue weighted by atomic mass is 16.4. The van der Waals surface area contributed by atoms with Crippen molar-refractivity contribution in [1.29, 1.82) is 0 Å². The molecule has 6 heteroatoms. The summed E-state index contributed by atoms with van der Waals surface area (Å²) in [5, 5.41) is 8.89. The number of pyridine rings is 1. The van der Waals surface area contributed by atoms with Crippen molar-refractivity contribution in [2.75, 3.05) is 13.6 Å². The lowest BCUT2D eigenvalue weighted by molar-refractivity contribution is -0.137. The number of nitrogens with zero attached hydrogens (tertiary/aromatic N) is 3. The van der Waals surface area contributed by atoms with Crippen LogP contribution in [0.4, 0.5) is 0 Å². The number of aryl methyl sites for hydroxylation is 2. The van der Waals surface area contributed by atoms with Gasteiger partial charge in [-0.15, -0.1) is 0 Å². The summed E-state index contributed by atoms with van der Waals surface area (Å²) in [6.07, 6.45) is 1.77. The topological polar surface area (TPSA) is 74.9 Å². The van der Waals surface area contributed by atoms with Crippen LogP contribution in [0.3, 0.4) is 0 Å². The molecular weight excluding hydrogens is 330 g/mol. The molecule has 0 radical (unpaired) electrons. The van der Waals surface area contributed by atoms with Crippen molar-refractivity contribution in [3.05, 3.63) is 59.4 Å². The fourth-order valence-electron chi connectivity index (χ4n) is 2.81. The van der Waals surface area contributed by atoms with E-state index in [4.69, 9.17) is 5.11 Å². The Hall–Kier alpha value is -3.15. The molecule has 1 N–H and O–H groups in total. The van der Waals surface area contributed by atoms with Gasteiger partial charge in [-0.05, 0) is 25.5 Å². The predicted octanol–water partition coefficient (Wildman–Crippen LogP) is 3.16. The summed E-state index contributed by atoms with van der Waals surface area (Å²) in [6.45, 7) is 4.09. The van der Waals surface area contributed by atoms with Gasteiger partial charge in [-0.2, -0.15) is 0 Å². The Morgan fingerprint density at radius 3 is 2.38 bits per heavy atom. The van der Waals surface area contributed by atoms with E-state index in [0.717, 1.165) is 16.7 Å². The maximum atomic E-state index is 13.1. The summed E-state index contributed by atoms with van der Waals surface area (Å²) < 4.78 is 1.78. The molecule has 0 aliphatic rings. The Morgan fingerprint density at radius 1 is 1.08 bits per heavy atom. The molecule has 0 atom stereocenters. The van der Waals surface area contributed by atoms with Crippen LogP contribution in [-0.2, 0) is 4.79 Å². The fourth-order valence-corrected chi connectivity index (χ4v) is 2.81. The zero-order chi connectivity index (χ0) is 18.8. The molecule has 3 rings (SSSR count). The van der Waals surface area contributed by atoms with Crippen LogP contribution >= 0.6 is 0 Å². The number of carbonyl (C=O) groups is 2. The molecule has 2 heterocycles. The quantitative estimate of drug-likeness (QED) is 0.766. The molecule has 1 amide bonds. The normalized spacial score (nSPS) is 10.9. The molecule has 0 unspecified atom stereocenters. The fraction of sp³-hybridized carbons (Fsp3) is 0.250. The van der Waals surface area contributed by atoms with Gasteiger partial charge in [0.2, 0.25) is 0 Å². The summed E-state index contributed by atoms with van der Waals surface area (Å²) >= 11 is 0. The van der Waals surface area contributed by atoms with E-state index in [9.17, 15) is 9.59 Å². The molecule has 6 nitrogen and oxygen atoms in total. The molecule has 26 heavy (non-hydrogen) atoms. The average molecular weight is 351 g/mol. The molecule has 2 aromatic heterocycles. The molecule has 0 aliphatic carbocycles. The molecule has 0 aliphatic heterocycles. The van der Waals surface area contributed by atoms with Gasteiger partial charge < -0.3 is 10.0 Å². The van der Waals surface area contributed by atoms with E-state index in [1.165, 1.54) is 4.90 Å². The van der Waals surface area contributed by atoms with E-state index in [1.807, 2.05) is 56.4 Å². The second kappa shape index (κ2) is 7.00. The van der Waals surface area contributed by atoms with Gasteiger partial charge in [-0.25, -0.2) is 4.98 Å². The molecule has 0 bridgehead atoms. The van der Waals surface area contributed by atoms with Gasteiger partial charge in [-0.1, -0.05) is 35.9 Å². The summed E-state index contributed by atoms with van der Waals surface area (Å²) in [4.78, 5) is 30.0. The van der Waals surface area contributed by atoms with Crippen LogP contribution in [0.25, 0.3) is 16.9 Å².